The van der Waals surface area contributed by atoms with Crippen molar-refractivity contribution in [3.8, 4) is 0 Å². The standard InChI is InChI=1S/C12H17N5/c1-4-15-8-10(7-13)17-12-11(5-6-16-12)9(2)14-3/h5-8H,3-4,13H2,1-2H3,(H,16,17)/b10-7?,11-9-,15-8?. The molecule has 3 N–H and O–H groups in total. The summed E-state index contributed by atoms with van der Waals surface area (Å²) in [6.45, 7) is 8.04. The monoisotopic (exact) mass is 231 g/mol. The first-order valence-electron chi connectivity index (χ1n) is 5.34. The van der Waals surface area contributed by atoms with Gasteiger partial charge in [-0.05, 0) is 26.6 Å². The van der Waals surface area contributed by atoms with Crippen LogP contribution in [-0.4, -0.2) is 25.3 Å². The van der Waals surface area contributed by atoms with Gasteiger partial charge in [-0.2, -0.15) is 0 Å². The average molecular weight is 231 g/mol. The molecule has 0 saturated heterocycles. The number of amidine groups is 1. The summed E-state index contributed by atoms with van der Waals surface area (Å²) in [7, 11) is 0. The Morgan fingerprint density at radius 2 is 2.41 bits per heavy atom. The topological polar surface area (TPSA) is 75.1 Å². The van der Waals surface area contributed by atoms with Crippen molar-refractivity contribution in [1.29, 1.82) is 0 Å². The van der Waals surface area contributed by atoms with Crippen molar-refractivity contribution < 1.29 is 0 Å². The van der Waals surface area contributed by atoms with Crippen molar-refractivity contribution in [3.63, 3.8) is 0 Å². The van der Waals surface area contributed by atoms with Crippen molar-refractivity contribution in [2.24, 2.45) is 20.7 Å². The van der Waals surface area contributed by atoms with Gasteiger partial charge in [0.15, 0.2) is 0 Å². The molecule has 1 aliphatic heterocycles. The second-order valence-corrected chi connectivity index (χ2v) is 3.33. The van der Waals surface area contributed by atoms with E-state index in [1.165, 1.54) is 6.20 Å². The van der Waals surface area contributed by atoms with E-state index in [1.54, 1.807) is 12.4 Å². The molecule has 0 unspecified atom stereocenters. The van der Waals surface area contributed by atoms with Gasteiger partial charge in [0.1, 0.15) is 5.84 Å². The van der Waals surface area contributed by atoms with E-state index < -0.39 is 0 Å². The second kappa shape index (κ2) is 6.42. The summed E-state index contributed by atoms with van der Waals surface area (Å²) >= 11 is 0. The third kappa shape index (κ3) is 3.41. The molecule has 90 valence electrons. The van der Waals surface area contributed by atoms with E-state index in [1.807, 2.05) is 19.9 Å². The van der Waals surface area contributed by atoms with Crippen molar-refractivity contribution in [2.45, 2.75) is 13.8 Å². The van der Waals surface area contributed by atoms with Crippen LogP contribution in [0.4, 0.5) is 0 Å². The number of hydrogen-bond acceptors (Lipinski definition) is 5. The van der Waals surface area contributed by atoms with Crippen LogP contribution in [0.2, 0.25) is 0 Å². The lowest BCUT2D eigenvalue weighted by Crippen LogP contribution is -2.25. The summed E-state index contributed by atoms with van der Waals surface area (Å²) in [5.74, 6) is 0.703. The molecule has 1 aliphatic rings. The Kier molecular flexibility index (Phi) is 4.87. The average Bonchev–Trinajstić information content (AvgIpc) is 2.81. The van der Waals surface area contributed by atoms with Crippen molar-refractivity contribution in [2.75, 3.05) is 6.54 Å². The zero-order valence-corrected chi connectivity index (χ0v) is 10.1. The molecule has 5 nitrogen and oxygen atoms in total. The van der Waals surface area contributed by atoms with E-state index in [9.17, 15) is 0 Å². The second-order valence-electron chi connectivity index (χ2n) is 3.33. The van der Waals surface area contributed by atoms with Crippen molar-refractivity contribution >= 4 is 18.8 Å². The van der Waals surface area contributed by atoms with Crippen LogP contribution in [-0.2, 0) is 0 Å². The molecule has 0 radical (unpaired) electrons. The third-order valence-corrected chi connectivity index (χ3v) is 2.18. The highest BCUT2D eigenvalue weighted by atomic mass is 15.0. The number of nitrogens with two attached hydrogens (primary N) is 1. The van der Waals surface area contributed by atoms with Gasteiger partial charge in [-0.1, -0.05) is 0 Å². The minimum Gasteiger partial charge on any atom is -0.403 e. The van der Waals surface area contributed by atoms with Crippen molar-refractivity contribution in [3.05, 3.63) is 35.4 Å². The summed E-state index contributed by atoms with van der Waals surface area (Å²) in [5, 5.41) is 3.09. The molecule has 1 rings (SSSR count). The lowest BCUT2D eigenvalue weighted by Gasteiger charge is -2.08. The summed E-state index contributed by atoms with van der Waals surface area (Å²) in [5.41, 5.74) is 7.92. The minimum absolute atomic E-state index is 0.698. The highest BCUT2D eigenvalue weighted by Gasteiger charge is 2.12. The fourth-order valence-corrected chi connectivity index (χ4v) is 1.25. The molecule has 0 bridgehead atoms. The first kappa shape index (κ1) is 12.9. The Morgan fingerprint density at radius 1 is 1.65 bits per heavy atom. The number of hydrogen-bond donors (Lipinski definition) is 2. The van der Waals surface area contributed by atoms with Gasteiger partial charge in [0.2, 0.25) is 0 Å². The molecule has 0 aromatic carbocycles. The Morgan fingerprint density at radius 3 is 3.00 bits per heavy atom. The zero-order chi connectivity index (χ0) is 12.7. The maximum atomic E-state index is 5.50. The molecule has 17 heavy (non-hydrogen) atoms. The molecule has 0 atom stereocenters. The van der Waals surface area contributed by atoms with Gasteiger partial charge < -0.3 is 11.1 Å². The predicted octanol–water partition coefficient (Wildman–Crippen LogP) is 1.37. The van der Waals surface area contributed by atoms with Crippen LogP contribution in [0, 0.1) is 0 Å². The first-order chi connectivity index (χ1) is 8.22. The first-order valence-corrected chi connectivity index (χ1v) is 5.34. The normalized spacial score (nSPS) is 18.5. The number of nitrogens with zero attached hydrogens (tertiary/aromatic N) is 3. The minimum atomic E-state index is 0.698. The van der Waals surface area contributed by atoms with Crippen LogP contribution in [0.15, 0.2) is 50.4 Å². The number of rotatable bonds is 4. The molecule has 1 heterocycles. The van der Waals surface area contributed by atoms with Gasteiger partial charge >= 0.3 is 0 Å². The lowest BCUT2D eigenvalue weighted by atomic mass is 10.2. The molecule has 0 saturated carbocycles. The quantitative estimate of drug-likeness (QED) is 0.717. The van der Waals surface area contributed by atoms with Gasteiger partial charge in [-0.15, -0.1) is 0 Å². The Labute approximate surface area is 101 Å². The zero-order valence-electron chi connectivity index (χ0n) is 10.1. The van der Waals surface area contributed by atoms with E-state index in [4.69, 9.17) is 5.73 Å². The number of aliphatic imine (C=N–C) groups is 3. The van der Waals surface area contributed by atoms with Crippen LogP contribution in [0.3, 0.4) is 0 Å². The number of allylic oxidation sites excluding steroid dienone is 2. The van der Waals surface area contributed by atoms with Crippen LogP contribution in [0.1, 0.15) is 13.8 Å². The lowest BCUT2D eigenvalue weighted by molar-refractivity contribution is 1.12. The van der Waals surface area contributed by atoms with Gasteiger partial charge in [0.05, 0.1) is 5.70 Å². The molecule has 0 spiro atoms. The smallest absolute Gasteiger partial charge is 0.139 e. The summed E-state index contributed by atoms with van der Waals surface area (Å²) in [6, 6.07) is 0. The van der Waals surface area contributed by atoms with E-state index in [2.05, 4.69) is 27.0 Å². The van der Waals surface area contributed by atoms with E-state index in [0.29, 0.717) is 18.1 Å². The van der Waals surface area contributed by atoms with Crippen LogP contribution >= 0.6 is 0 Å². The molecule has 0 aliphatic carbocycles. The largest absolute Gasteiger partial charge is 0.403 e. The summed E-state index contributed by atoms with van der Waals surface area (Å²) in [6.07, 6.45) is 6.71. The highest BCUT2D eigenvalue weighted by molar-refractivity contribution is 6.06. The Bertz CT molecular complexity index is 438. The van der Waals surface area contributed by atoms with E-state index >= 15 is 0 Å². The third-order valence-electron chi connectivity index (χ3n) is 2.18. The molecule has 0 fully saturated rings. The van der Waals surface area contributed by atoms with Gasteiger partial charge in [0, 0.05) is 36.4 Å². The highest BCUT2D eigenvalue weighted by Crippen LogP contribution is 2.14. The fourth-order valence-electron chi connectivity index (χ4n) is 1.25. The van der Waals surface area contributed by atoms with Gasteiger partial charge in [0.25, 0.3) is 0 Å². The van der Waals surface area contributed by atoms with Crippen LogP contribution in [0.25, 0.3) is 0 Å². The SMILES string of the molecule is C=N/C(C)=C1/C=CN=C1NC(C=NCC)=CN. The van der Waals surface area contributed by atoms with Crippen LogP contribution < -0.4 is 11.1 Å². The molecule has 0 aromatic rings. The Balaban J connectivity index is 2.83. The number of nitrogens with one attached hydrogen (secondary N) is 1. The van der Waals surface area contributed by atoms with Gasteiger partial charge in [-0.25, -0.2) is 4.99 Å². The predicted molar refractivity (Wildman–Crippen MR) is 73.3 cm³/mol. The molecular formula is C12H17N5. The van der Waals surface area contributed by atoms with E-state index in [0.717, 1.165) is 11.3 Å². The molecule has 5 heteroatoms. The summed E-state index contributed by atoms with van der Waals surface area (Å²) in [4.78, 5) is 12.2. The molecule has 0 amide bonds. The van der Waals surface area contributed by atoms with Crippen LogP contribution in [0.5, 0.6) is 0 Å². The van der Waals surface area contributed by atoms with Crippen molar-refractivity contribution in [1.82, 2.24) is 5.32 Å². The fraction of sp³-hybridized carbons (Fsp3) is 0.250. The molecule has 0 aromatic heterocycles. The summed E-state index contributed by atoms with van der Waals surface area (Å²) < 4.78 is 0. The maximum absolute atomic E-state index is 5.50. The van der Waals surface area contributed by atoms with Gasteiger partial charge in [-0.3, -0.25) is 9.98 Å². The van der Waals surface area contributed by atoms with E-state index in [-0.39, 0.29) is 0 Å². The Hall–Kier alpha value is -2.17. The maximum Gasteiger partial charge on any atom is 0.139 e. The molecular weight excluding hydrogens is 214 g/mol.